The Morgan fingerprint density at radius 2 is 2.00 bits per heavy atom. The Kier molecular flexibility index (Phi) is 5.99. The maximum Gasteiger partial charge on any atom is 0.225 e. The third kappa shape index (κ3) is 4.47. The summed E-state index contributed by atoms with van der Waals surface area (Å²) in [5.41, 5.74) is 5.90. The van der Waals surface area contributed by atoms with Gasteiger partial charge in [-0.1, -0.05) is 30.3 Å². The fourth-order valence-corrected chi connectivity index (χ4v) is 3.11. The first kappa shape index (κ1) is 18.1. The van der Waals surface area contributed by atoms with Crippen molar-refractivity contribution in [3.63, 3.8) is 0 Å². The molecule has 0 aliphatic carbocycles. The van der Waals surface area contributed by atoms with Crippen LogP contribution in [0.2, 0.25) is 0 Å². The fraction of sp³-hybridized carbons (Fsp3) is 0.200. The number of aromatic nitrogens is 1. The minimum absolute atomic E-state index is 0.339. The first-order chi connectivity index (χ1) is 12.7. The topological polar surface area (TPSA) is 66.7 Å². The highest BCUT2D eigenvalue weighted by Gasteiger charge is 2.13. The summed E-state index contributed by atoms with van der Waals surface area (Å²) < 4.78 is 5.96. The third-order valence-corrected chi connectivity index (χ3v) is 4.82. The number of ether oxygens (including phenoxy) is 1. The average Bonchev–Trinajstić information content (AvgIpc) is 3.16. The van der Waals surface area contributed by atoms with E-state index in [4.69, 9.17) is 4.74 Å². The second-order valence-electron chi connectivity index (χ2n) is 5.88. The van der Waals surface area contributed by atoms with Crippen LogP contribution in [0.4, 0.5) is 0 Å². The van der Waals surface area contributed by atoms with Gasteiger partial charge in [0.25, 0.3) is 0 Å². The first-order valence-electron chi connectivity index (χ1n) is 8.29. The summed E-state index contributed by atoms with van der Waals surface area (Å²) in [6.45, 7) is 4.83. The second kappa shape index (κ2) is 8.60. The van der Waals surface area contributed by atoms with Crippen LogP contribution in [0.15, 0.2) is 58.9 Å². The molecule has 2 aromatic heterocycles. The van der Waals surface area contributed by atoms with Gasteiger partial charge in [0, 0.05) is 10.6 Å². The number of amidine groups is 1. The number of thiophene rings is 1. The molecule has 0 radical (unpaired) electrons. The van der Waals surface area contributed by atoms with Crippen LogP contribution in [0.1, 0.15) is 27.3 Å². The van der Waals surface area contributed by atoms with Gasteiger partial charge in [0.05, 0.1) is 12.1 Å². The van der Waals surface area contributed by atoms with Gasteiger partial charge < -0.3 is 4.74 Å². The van der Waals surface area contributed by atoms with E-state index in [1.165, 1.54) is 0 Å². The van der Waals surface area contributed by atoms with Crippen molar-refractivity contribution in [2.75, 3.05) is 0 Å². The van der Waals surface area contributed by atoms with Crippen LogP contribution >= 0.6 is 11.3 Å². The van der Waals surface area contributed by atoms with Crippen LogP contribution in [0.3, 0.4) is 0 Å². The Morgan fingerprint density at radius 1 is 1.15 bits per heavy atom. The molecule has 5 nitrogen and oxygen atoms in total. The number of nitrogens with one attached hydrogen (secondary N) is 1. The maximum atomic E-state index is 9.57. The Labute approximate surface area is 157 Å². The number of pyridine rings is 1. The lowest BCUT2D eigenvalue weighted by atomic mass is 10.1. The molecule has 2 heterocycles. The Bertz CT molecular complexity index is 892. The van der Waals surface area contributed by atoms with Crippen molar-refractivity contribution < 1.29 is 9.94 Å². The largest absolute Gasteiger partial charge is 0.472 e. The highest BCUT2D eigenvalue weighted by Crippen LogP contribution is 2.20. The number of benzene rings is 1. The molecule has 0 unspecified atom stereocenters. The summed E-state index contributed by atoms with van der Waals surface area (Å²) in [6.07, 6.45) is 0. The number of hydrogen-bond donors (Lipinski definition) is 2. The molecule has 1 aromatic carbocycles. The molecule has 0 bridgehead atoms. The summed E-state index contributed by atoms with van der Waals surface area (Å²) in [5.74, 6) is 0.783. The molecule has 0 saturated carbocycles. The lowest BCUT2D eigenvalue weighted by molar-refractivity contribution is 0.233. The molecule has 0 aliphatic rings. The highest BCUT2D eigenvalue weighted by molar-refractivity contribution is 7.09. The van der Waals surface area contributed by atoms with Gasteiger partial charge >= 0.3 is 0 Å². The summed E-state index contributed by atoms with van der Waals surface area (Å²) >= 11 is 1.62. The van der Waals surface area contributed by atoms with E-state index in [1.807, 2.05) is 67.8 Å². The van der Waals surface area contributed by atoms with Crippen molar-refractivity contribution in [1.29, 1.82) is 0 Å². The minimum Gasteiger partial charge on any atom is -0.472 e. The van der Waals surface area contributed by atoms with Crippen molar-refractivity contribution in [2.24, 2.45) is 4.99 Å². The van der Waals surface area contributed by atoms with Crippen molar-refractivity contribution in [3.8, 4) is 5.88 Å². The molecule has 0 amide bonds. The monoisotopic (exact) mass is 367 g/mol. The zero-order valence-electron chi connectivity index (χ0n) is 14.8. The van der Waals surface area contributed by atoms with E-state index < -0.39 is 0 Å². The maximum absolute atomic E-state index is 9.57. The number of hydrogen-bond acceptors (Lipinski definition) is 5. The van der Waals surface area contributed by atoms with Gasteiger partial charge in [-0.05, 0) is 48.6 Å². The molecule has 134 valence electrons. The SMILES string of the molecule is Cc1ccc(C(=NCc2cccs2)NO)c(OCc2ccccc2C)n1. The van der Waals surface area contributed by atoms with E-state index in [2.05, 4.69) is 15.5 Å². The van der Waals surface area contributed by atoms with Gasteiger partial charge in [-0.25, -0.2) is 4.98 Å². The van der Waals surface area contributed by atoms with E-state index in [0.29, 0.717) is 30.4 Å². The van der Waals surface area contributed by atoms with E-state index in [0.717, 1.165) is 21.7 Å². The molecule has 0 atom stereocenters. The van der Waals surface area contributed by atoms with Gasteiger partial charge in [0.15, 0.2) is 5.84 Å². The molecular weight excluding hydrogens is 346 g/mol. The van der Waals surface area contributed by atoms with Gasteiger partial charge in [-0.15, -0.1) is 11.3 Å². The van der Waals surface area contributed by atoms with E-state index in [-0.39, 0.29) is 0 Å². The Hall–Kier alpha value is -2.70. The minimum atomic E-state index is 0.339. The number of hydroxylamine groups is 1. The van der Waals surface area contributed by atoms with Crippen molar-refractivity contribution in [3.05, 3.63) is 81.2 Å². The molecule has 0 spiro atoms. The van der Waals surface area contributed by atoms with E-state index >= 15 is 0 Å². The van der Waals surface area contributed by atoms with Crippen molar-refractivity contribution in [2.45, 2.75) is 27.0 Å². The van der Waals surface area contributed by atoms with Gasteiger partial charge in [-0.2, -0.15) is 0 Å². The van der Waals surface area contributed by atoms with Gasteiger partial charge in [-0.3, -0.25) is 15.7 Å². The molecule has 0 aliphatic heterocycles. The van der Waals surface area contributed by atoms with Crippen LogP contribution in [0, 0.1) is 13.8 Å². The number of nitrogens with zero attached hydrogens (tertiary/aromatic N) is 2. The summed E-state index contributed by atoms with van der Waals surface area (Å²) in [5, 5.41) is 11.6. The van der Waals surface area contributed by atoms with Gasteiger partial charge in [0.2, 0.25) is 5.88 Å². The highest BCUT2D eigenvalue weighted by atomic mass is 32.1. The van der Waals surface area contributed by atoms with E-state index in [9.17, 15) is 5.21 Å². The zero-order chi connectivity index (χ0) is 18.4. The molecule has 3 aromatic rings. The third-order valence-electron chi connectivity index (χ3n) is 3.96. The molecule has 26 heavy (non-hydrogen) atoms. The average molecular weight is 367 g/mol. The summed E-state index contributed by atoms with van der Waals surface area (Å²) in [6, 6.07) is 15.8. The number of rotatable bonds is 6. The zero-order valence-corrected chi connectivity index (χ0v) is 15.6. The number of aryl methyl sites for hydroxylation is 2. The van der Waals surface area contributed by atoms with Gasteiger partial charge in [0.1, 0.15) is 6.61 Å². The predicted octanol–water partition coefficient (Wildman–Crippen LogP) is 4.26. The van der Waals surface area contributed by atoms with Crippen LogP contribution in [-0.2, 0) is 13.2 Å². The molecule has 0 fully saturated rings. The lowest BCUT2D eigenvalue weighted by Crippen LogP contribution is -2.22. The molecule has 6 heteroatoms. The quantitative estimate of drug-likeness (QED) is 0.388. The lowest BCUT2D eigenvalue weighted by Gasteiger charge is -2.13. The normalized spacial score (nSPS) is 11.4. The summed E-state index contributed by atoms with van der Waals surface area (Å²) in [7, 11) is 0. The van der Waals surface area contributed by atoms with Crippen LogP contribution < -0.4 is 10.2 Å². The standard InChI is InChI=1S/C20H21N3O2S/c1-14-6-3-4-7-16(14)13-25-20-18(10-9-15(2)22-20)19(23-24)21-12-17-8-5-11-26-17/h3-11,24H,12-13H2,1-2H3,(H,21,23). The predicted molar refractivity (Wildman–Crippen MR) is 104 cm³/mol. The molecule has 2 N–H and O–H groups in total. The summed E-state index contributed by atoms with van der Waals surface area (Å²) in [4.78, 5) is 10.1. The van der Waals surface area contributed by atoms with Crippen LogP contribution in [0.5, 0.6) is 5.88 Å². The van der Waals surface area contributed by atoms with Crippen LogP contribution in [-0.4, -0.2) is 16.0 Å². The van der Waals surface area contributed by atoms with E-state index in [1.54, 1.807) is 11.3 Å². The first-order valence-corrected chi connectivity index (χ1v) is 9.17. The van der Waals surface area contributed by atoms with Crippen molar-refractivity contribution >= 4 is 17.2 Å². The van der Waals surface area contributed by atoms with Crippen molar-refractivity contribution in [1.82, 2.24) is 10.5 Å². The Balaban J connectivity index is 1.84. The fourth-order valence-electron chi connectivity index (χ4n) is 2.48. The molecule has 0 saturated heterocycles. The molecular formula is C20H21N3O2S. The van der Waals surface area contributed by atoms with Crippen LogP contribution in [0.25, 0.3) is 0 Å². The second-order valence-corrected chi connectivity index (χ2v) is 6.91. The smallest absolute Gasteiger partial charge is 0.225 e. The number of aliphatic imine (C=N–C) groups is 1. The molecule has 3 rings (SSSR count). The Morgan fingerprint density at radius 3 is 2.73 bits per heavy atom.